The van der Waals surface area contributed by atoms with E-state index in [4.69, 9.17) is 5.41 Å². The quantitative estimate of drug-likeness (QED) is 0.385. The molecule has 0 unspecified atom stereocenters. The first-order valence-electron chi connectivity index (χ1n) is 8.61. The van der Waals surface area contributed by atoms with Crippen molar-refractivity contribution in [3.8, 4) is 0 Å². The molecule has 0 aromatic carbocycles. The summed E-state index contributed by atoms with van der Waals surface area (Å²) < 4.78 is 4.47. The van der Waals surface area contributed by atoms with E-state index in [0.717, 1.165) is 13.0 Å². The number of nitrogens with zero attached hydrogens (tertiary/aromatic N) is 2. The predicted octanol–water partition coefficient (Wildman–Crippen LogP) is 3.53. The van der Waals surface area contributed by atoms with Crippen LogP contribution in [0.15, 0.2) is 0 Å². The number of guanidine groups is 1. The van der Waals surface area contributed by atoms with Gasteiger partial charge in [0, 0.05) is 34.7 Å². The van der Waals surface area contributed by atoms with Gasteiger partial charge in [0.15, 0.2) is 5.96 Å². The highest BCUT2D eigenvalue weighted by Crippen LogP contribution is 2.07. The minimum Gasteiger partial charge on any atom is -0.453 e. The second-order valence-corrected chi connectivity index (χ2v) is 6.01. The highest BCUT2D eigenvalue weighted by molar-refractivity contribution is 5.75. The van der Waals surface area contributed by atoms with Crippen LogP contribution in [0.2, 0.25) is 0 Å². The van der Waals surface area contributed by atoms with Crippen molar-refractivity contribution in [3.05, 3.63) is 0 Å². The summed E-state index contributed by atoms with van der Waals surface area (Å²) in [4.78, 5) is 14.2. The maximum Gasteiger partial charge on any atom is 0.406 e. The van der Waals surface area contributed by atoms with Gasteiger partial charge in [-0.05, 0) is 6.42 Å². The summed E-state index contributed by atoms with van der Waals surface area (Å²) >= 11 is 0. The molecular weight excluding hydrogens is 292 g/mol. The molecule has 0 saturated carbocycles. The van der Waals surface area contributed by atoms with E-state index >= 15 is 0 Å². The maximum absolute atomic E-state index is 10.7. The van der Waals surface area contributed by atoms with Crippen LogP contribution in [0.3, 0.4) is 0 Å². The van der Waals surface area contributed by atoms with Gasteiger partial charge in [0.1, 0.15) is 0 Å². The number of rotatable bonds is 9. The van der Waals surface area contributed by atoms with Gasteiger partial charge in [-0.1, -0.05) is 51.9 Å². The van der Waals surface area contributed by atoms with Crippen LogP contribution in [0.25, 0.3) is 0 Å². The third kappa shape index (κ3) is 18.5. The Labute approximate surface area is 143 Å². The van der Waals surface area contributed by atoms with Gasteiger partial charge in [-0.2, -0.15) is 0 Å². The largest absolute Gasteiger partial charge is 0.453 e. The molecule has 0 aliphatic rings. The first-order chi connectivity index (χ1) is 10.9. The fourth-order valence-electron chi connectivity index (χ4n) is 1.92. The lowest BCUT2D eigenvalue weighted by molar-refractivity contribution is 0.171. The van der Waals surface area contributed by atoms with E-state index in [1.165, 1.54) is 52.1 Å². The number of hydrogen-bond acceptors (Lipinski definition) is 3. The van der Waals surface area contributed by atoms with Crippen LogP contribution in [0.1, 0.15) is 58.3 Å². The highest BCUT2D eigenvalue weighted by atomic mass is 16.5. The Balaban J connectivity index is 0. The molecule has 0 heterocycles. The van der Waals surface area contributed by atoms with E-state index < -0.39 is 0 Å². The molecule has 6 heteroatoms. The van der Waals surface area contributed by atoms with Crippen molar-refractivity contribution in [1.82, 2.24) is 15.1 Å². The van der Waals surface area contributed by atoms with Crippen LogP contribution < -0.4 is 5.32 Å². The van der Waals surface area contributed by atoms with Gasteiger partial charge in [0.25, 0.3) is 0 Å². The van der Waals surface area contributed by atoms with Gasteiger partial charge < -0.3 is 19.9 Å². The first-order valence-corrected chi connectivity index (χ1v) is 8.61. The molecule has 0 saturated heterocycles. The van der Waals surface area contributed by atoms with E-state index in [0.29, 0.717) is 5.96 Å². The Bertz CT molecular complexity index is 284. The zero-order chi connectivity index (χ0) is 18.1. The number of carbonyl (C=O) groups is 1. The van der Waals surface area contributed by atoms with Crippen molar-refractivity contribution in [2.75, 3.05) is 41.8 Å². The summed E-state index contributed by atoms with van der Waals surface area (Å²) in [5.74, 6) is 0.519. The Morgan fingerprint density at radius 2 is 1.35 bits per heavy atom. The summed E-state index contributed by atoms with van der Waals surface area (Å²) in [6, 6.07) is 0. The van der Waals surface area contributed by atoms with Crippen LogP contribution in [0.4, 0.5) is 4.79 Å². The topological polar surface area (TPSA) is 68.7 Å². The standard InChI is InChI=1S/C12H25NO2.C5H13N3/c1-3-4-5-6-7-8-9-10-11-13-12(14)15-2;1-7(2)5(6)8(3)4/h3-11H2,1-2H3,(H,13,14);6H,1-4H3. The zero-order valence-electron chi connectivity index (χ0n) is 16.1. The summed E-state index contributed by atoms with van der Waals surface area (Å²) in [5.41, 5.74) is 0. The second-order valence-electron chi connectivity index (χ2n) is 6.01. The Kier molecular flexibility index (Phi) is 17.5. The molecule has 2 N–H and O–H groups in total. The van der Waals surface area contributed by atoms with Gasteiger partial charge in [0.05, 0.1) is 7.11 Å². The third-order valence-electron chi connectivity index (χ3n) is 3.33. The van der Waals surface area contributed by atoms with E-state index in [1.54, 1.807) is 9.80 Å². The summed E-state index contributed by atoms with van der Waals surface area (Å²) in [6.45, 7) is 2.97. The van der Waals surface area contributed by atoms with Crippen molar-refractivity contribution in [1.29, 1.82) is 5.41 Å². The van der Waals surface area contributed by atoms with Crippen molar-refractivity contribution in [3.63, 3.8) is 0 Å². The fraction of sp³-hybridized carbons (Fsp3) is 0.882. The number of unbranched alkanes of at least 4 members (excludes halogenated alkanes) is 7. The molecule has 0 radical (unpaired) electrons. The predicted molar refractivity (Wildman–Crippen MR) is 98.1 cm³/mol. The Morgan fingerprint density at radius 3 is 1.70 bits per heavy atom. The average Bonchev–Trinajstić information content (AvgIpc) is 2.52. The lowest BCUT2D eigenvalue weighted by Crippen LogP contribution is -2.34. The number of amides is 1. The minimum atomic E-state index is -0.321. The summed E-state index contributed by atoms with van der Waals surface area (Å²) in [7, 11) is 8.79. The molecule has 0 spiro atoms. The molecule has 6 nitrogen and oxygen atoms in total. The summed E-state index contributed by atoms with van der Waals surface area (Å²) in [6.07, 6.45) is 9.96. The summed E-state index contributed by atoms with van der Waals surface area (Å²) in [5, 5.41) is 9.93. The fourth-order valence-corrected chi connectivity index (χ4v) is 1.92. The molecule has 0 fully saturated rings. The van der Waals surface area contributed by atoms with E-state index in [2.05, 4.69) is 17.0 Å². The Morgan fingerprint density at radius 1 is 0.913 bits per heavy atom. The number of carbonyl (C=O) groups excluding carboxylic acids is 1. The van der Waals surface area contributed by atoms with Crippen LogP contribution in [-0.4, -0.2) is 63.7 Å². The molecule has 0 aliphatic carbocycles. The molecule has 0 bridgehead atoms. The number of ether oxygens (including phenoxy) is 1. The molecule has 0 atom stereocenters. The molecule has 1 amide bonds. The second kappa shape index (κ2) is 16.9. The van der Waals surface area contributed by atoms with Crippen LogP contribution in [0.5, 0.6) is 0 Å². The Hall–Kier alpha value is -1.46. The average molecular weight is 331 g/mol. The van der Waals surface area contributed by atoms with Gasteiger partial charge in [-0.25, -0.2) is 4.79 Å². The lowest BCUT2D eigenvalue weighted by atomic mass is 10.1. The van der Waals surface area contributed by atoms with Gasteiger partial charge in [-0.3, -0.25) is 5.41 Å². The third-order valence-corrected chi connectivity index (χ3v) is 3.33. The number of alkyl carbamates (subject to hydrolysis) is 1. The van der Waals surface area contributed by atoms with Gasteiger partial charge >= 0.3 is 6.09 Å². The normalized spacial score (nSPS) is 9.48. The van der Waals surface area contributed by atoms with Gasteiger partial charge in [-0.15, -0.1) is 0 Å². The minimum absolute atomic E-state index is 0.321. The molecule has 0 rings (SSSR count). The number of methoxy groups -OCH3 is 1. The van der Waals surface area contributed by atoms with Crippen molar-refractivity contribution >= 4 is 12.1 Å². The van der Waals surface area contributed by atoms with Gasteiger partial charge in [0.2, 0.25) is 0 Å². The van der Waals surface area contributed by atoms with Crippen LogP contribution in [0, 0.1) is 5.41 Å². The first kappa shape index (κ1) is 23.8. The SMILES string of the molecule is CCCCCCCCCCNC(=O)OC.CN(C)C(=N)N(C)C. The molecule has 138 valence electrons. The molecular formula is C17H38N4O2. The molecule has 0 aromatic rings. The smallest absolute Gasteiger partial charge is 0.406 e. The monoisotopic (exact) mass is 330 g/mol. The maximum atomic E-state index is 10.7. The number of hydrogen-bond donors (Lipinski definition) is 2. The highest BCUT2D eigenvalue weighted by Gasteiger charge is 1.97. The van der Waals surface area contributed by atoms with E-state index in [1.807, 2.05) is 28.2 Å². The molecule has 0 aromatic heterocycles. The van der Waals surface area contributed by atoms with Crippen molar-refractivity contribution < 1.29 is 9.53 Å². The van der Waals surface area contributed by atoms with Crippen LogP contribution >= 0.6 is 0 Å². The lowest BCUT2D eigenvalue weighted by Gasteiger charge is -2.19. The van der Waals surface area contributed by atoms with Crippen molar-refractivity contribution in [2.45, 2.75) is 58.3 Å². The molecule has 0 aliphatic heterocycles. The zero-order valence-corrected chi connectivity index (χ0v) is 16.1. The molecule has 23 heavy (non-hydrogen) atoms. The van der Waals surface area contributed by atoms with E-state index in [9.17, 15) is 4.79 Å². The van der Waals surface area contributed by atoms with E-state index in [-0.39, 0.29) is 6.09 Å². The number of nitrogens with one attached hydrogen (secondary N) is 2. The van der Waals surface area contributed by atoms with Crippen molar-refractivity contribution in [2.24, 2.45) is 0 Å². The van der Waals surface area contributed by atoms with Crippen LogP contribution in [-0.2, 0) is 4.74 Å².